The van der Waals surface area contributed by atoms with Gasteiger partial charge < -0.3 is 15.4 Å². The molecule has 2 fully saturated rings. The van der Waals surface area contributed by atoms with Crippen LogP contribution in [0.2, 0.25) is 0 Å². The average Bonchev–Trinajstić information content (AvgIpc) is 3.52. The molecule has 2 aromatic rings. The van der Waals surface area contributed by atoms with E-state index in [1.165, 1.54) is 0 Å². The standard InChI is InChI=1S/C24H29N3O3/c1-14-10-16(7-8-19(14)27-22(29)18-12-24(18,4)5)30-20-9-6-15(13-25-20)26-21(28)17-11-23(17,2)3/h6-10,13,17-18H,11-12H2,1-5H3,(H,26,28)(H,27,29). The van der Waals surface area contributed by atoms with Crippen molar-refractivity contribution in [2.45, 2.75) is 47.5 Å². The number of rotatable bonds is 6. The van der Waals surface area contributed by atoms with E-state index >= 15 is 0 Å². The van der Waals surface area contributed by atoms with Gasteiger partial charge in [0.25, 0.3) is 0 Å². The van der Waals surface area contributed by atoms with Crippen LogP contribution in [0.1, 0.15) is 46.1 Å². The van der Waals surface area contributed by atoms with E-state index in [2.05, 4.69) is 43.3 Å². The molecule has 158 valence electrons. The molecule has 1 heterocycles. The van der Waals surface area contributed by atoms with Crippen LogP contribution in [0.3, 0.4) is 0 Å². The molecule has 0 saturated heterocycles. The lowest BCUT2D eigenvalue weighted by Crippen LogP contribution is -2.17. The van der Waals surface area contributed by atoms with E-state index in [9.17, 15) is 9.59 Å². The van der Waals surface area contributed by atoms with E-state index in [0.29, 0.717) is 17.3 Å². The van der Waals surface area contributed by atoms with Gasteiger partial charge in [-0.25, -0.2) is 4.98 Å². The van der Waals surface area contributed by atoms with Gasteiger partial charge in [0, 0.05) is 23.6 Å². The number of aromatic nitrogens is 1. The van der Waals surface area contributed by atoms with Crippen molar-refractivity contribution in [2.75, 3.05) is 10.6 Å². The largest absolute Gasteiger partial charge is 0.439 e. The Hall–Kier alpha value is -2.89. The molecule has 2 unspecified atom stereocenters. The van der Waals surface area contributed by atoms with Crippen molar-refractivity contribution >= 4 is 23.2 Å². The van der Waals surface area contributed by atoms with Crippen LogP contribution in [0.5, 0.6) is 11.6 Å². The van der Waals surface area contributed by atoms with Crippen LogP contribution in [0.15, 0.2) is 36.5 Å². The van der Waals surface area contributed by atoms with Crippen LogP contribution in [0.4, 0.5) is 11.4 Å². The Kier molecular flexibility index (Phi) is 4.83. The highest BCUT2D eigenvalue weighted by molar-refractivity contribution is 5.96. The first-order valence-electron chi connectivity index (χ1n) is 10.4. The van der Waals surface area contributed by atoms with Crippen LogP contribution in [-0.4, -0.2) is 16.8 Å². The molecule has 2 aliphatic rings. The SMILES string of the molecule is Cc1cc(Oc2ccc(NC(=O)C3CC3(C)C)cn2)ccc1NC(=O)C1CC1(C)C. The van der Waals surface area contributed by atoms with Crippen LogP contribution >= 0.6 is 0 Å². The Balaban J connectivity index is 1.34. The summed E-state index contributed by atoms with van der Waals surface area (Å²) in [7, 11) is 0. The second kappa shape index (κ2) is 7.11. The fourth-order valence-corrected chi connectivity index (χ4v) is 3.75. The lowest BCUT2D eigenvalue weighted by molar-refractivity contribution is -0.118. The Morgan fingerprint density at radius 3 is 2.07 bits per heavy atom. The maximum atomic E-state index is 12.3. The molecule has 6 nitrogen and oxygen atoms in total. The highest BCUT2D eigenvalue weighted by Crippen LogP contribution is 2.52. The summed E-state index contributed by atoms with van der Waals surface area (Å²) in [6, 6.07) is 9.06. The van der Waals surface area contributed by atoms with Crippen molar-refractivity contribution in [2.24, 2.45) is 22.7 Å². The first-order chi connectivity index (χ1) is 14.0. The van der Waals surface area contributed by atoms with Gasteiger partial charge in [-0.05, 0) is 60.4 Å². The zero-order valence-electron chi connectivity index (χ0n) is 18.2. The molecule has 0 spiro atoms. The van der Waals surface area contributed by atoms with Gasteiger partial charge >= 0.3 is 0 Å². The van der Waals surface area contributed by atoms with Crippen molar-refractivity contribution in [1.29, 1.82) is 0 Å². The topological polar surface area (TPSA) is 80.3 Å². The van der Waals surface area contributed by atoms with Crippen molar-refractivity contribution in [3.05, 3.63) is 42.1 Å². The number of pyridine rings is 1. The van der Waals surface area contributed by atoms with E-state index < -0.39 is 0 Å². The molecular formula is C24H29N3O3. The van der Waals surface area contributed by atoms with Crippen molar-refractivity contribution < 1.29 is 14.3 Å². The number of benzene rings is 1. The first kappa shape index (κ1) is 20.4. The molecule has 4 rings (SSSR count). The van der Waals surface area contributed by atoms with Gasteiger partial charge in [0.05, 0.1) is 11.9 Å². The molecule has 2 N–H and O–H groups in total. The fraction of sp³-hybridized carbons (Fsp3) is 0.458. The van der Waals surface area contributed by atoms with Crippen LogP contribution in [-0.2, 0) is 9.59 Å². The number of anilines is 2. The molecule has 2 atom stereocenters. The molecule has 6 heteroatoms. The molecular weight excluding hydrogens is 378 g/mol. The van der Waals surface area contributed by atoms with Crippen molar-refractivity contribution in [3.63, 3.8) is 0 Å². The fourth-order valence-electron chi connectivity index (χ4n) is 3.75. The number of nitrogens with one attached hydrogen (secondary N) is 2. The number of aryl methyl sites for hydroxylation is 1. The highest BCUT2D eigenvalue weighted by atomic mass is 16.5. The summed E-state index contributed by atoms with van der Waals surface area (Å²) in [5.74, 6) is 1.35. The third kappa shape index (κ3) is 4.32. The number of carbonyl (C=O) groups is 2. The summed E-state index contributed by atoms with van der Waals surface area (Å²) >= 11 is 0. The zero-order chi connectivity index (χ0) is 21.7. The van der Waals surface area contributed by atoms with Gasteiger partial charge in [-0.3, -0.25) is 9.59 Å². The average molecular weight is 408 g/mol. The third-order valence-electron chi connectivity index (χ3n) is 6.34. The van der Waals surface area contributed by atoms with Crippen LogP contribution in [0, 0.1) is 29.6 Å². The van der Waals surface area contributed by atoms with Gasteiger partial charge in [-0.2, -0.15) is 0 Å². The molecule has 0 aliphatic heterocycles. The Bertz CT molecular complexity index is 995. The quantitative estimate of drug-likeness (QED) is 0.694. The number of hydrogen-bond acceptors (Lipinski definition) is 4. The first-order valence-corrected chi connectivity index (χ1v) is 10.4. The summed E-state index contributed by atoms with van der Waals surface area (Å²) in [6.45, 7) is 10.3. The minimum absolute atomic E-state index is 0.0401. The zero-order valence-corrected chi connectivity index (χ0v) is 18.2. The van der Waals surface area contributed by atoms with Gasteiger partial charge in [0.1, 0.15) is 5.75 Å². The predicted molar refractivity (Wildman–Crippen MR) is 117 cm³/mol. The van der Waals surface area contributed by atoms with E-state index in [1.54, 1.807) is 18.3 Å². The number of carbonyl (C=O) groups excluding carboxylic acids is 2. The lowest BCUT2D eigenvalue weighted by atomic mass is 10.1. The van der Waals surface area contributed by atoms with E-state index in [0.717, 1.165) is 24.1 Å². The predicted octanol–water partition coefficient (Wildman–Crippen LogP) is 5.15. The minimum Gasteiger partial charge on any atom is -0.439 e. The maximum Gasteiger partial charge on any atom is 0.228 e. The smallest absolute Gasteiger partial charge is 0.228 e. The number of nitrogens with zero attached hydrogens (tertiary/aromatic N) is 1. The van der Waals surface area contributed by atoms with Crippen molar-refractivity contribution in [3.8, 4) is 11.6 Å². The molecule has 2 aliphatic carbocycles. The minimum atomic E-state index is 0.0401. The number of amides is 2. The summed E-state index contributed by atoms with van der Waals surface area (Å²) in [5.41, 5.74) is 2.58. The monoisotopic (exact) mass is 407 g/mol. The maximum absolute atomic E-state index is 12.3. The van der Waals surface area contributed by atoms with Crippen LogP contribution in [0.25, 0.3) is 0 Å². The second-order valence-electron chi connectivity index (χ2n) is 9.93. The Morgan fingerprint density at radius 1 is 0.967 bits per heavy atom. The normalized spacial score (nSPS) is 22.7. The van der Waals surface area contributed by atoms with E-state index in [4.69, 9.17) is 4.74 Å². The summed E-state index contributed by atoms with van der Waals surface area (Å²) in [6.07, 6.45) is 3.45. The molecule has 30 heavy (non-hydrogen) atoms. The molecule has 0 radical (unpaired) electrons. The second-order valence-corrected chi connectivity index (χ2v) is 9.93. The van der Waals surface area contributed by atoms with E-state index in [1.807, 2.05) is 25.1 Å². The lowest BCUT2D eigenvalue weighted by Gasteiger charge is -2.12. The summed E-state index contributed by atoms with van der Waals surface area (Å²) in [5, 5.41) is 5.92. The number of ether oxygens (including phenoxy) is 1. The van der Waals surface area contributed by atoms with Gasteiger partial charge in [0.2, 0.25) is 17.7 Å². The summed E-state index contributed by atoms with van der Waals surface area (Å²) < 4.78 is 5.83. The Morgan fingerprint density at radius 2 is 1.57 bits per heavy atom. The van der Waals surface area contributed by atoms with Crippen LogP contribution < -0.4 is 15.4 Å². The molecule has 0 bridgehead atoms. The van der Waals surface area contributed by atoms with E-state index in [-0.39, 0.29) is 34.5 Å². The number of hydrogen-bond donors (Lipinski definition) is 2. The third-order valence-corrected chi connectivity index (χ3v) is 6.34. The highest BCUT2D eigenvalue weighted by Gasteiger charge is 2.51. The molecule has 1 aromatic heterocycles. The van der Waals surface area contributed by atoms with Crippen molar-refractivity contribution in [1.82, 2.24) is 4.98 Å². The molecule has 2 amide bonds. The van der Waals surface area contributed by atoms with Gasteiger partial charge in [0.15, 0.2) is 0 Å². The molecule has 1 aromatic carbocycles. The van der Waals surface area contributed by atoms with Gasteiger partial charge in [-0.1, -0.05) is 27.7 Å². The summed E-state index contributed by atoms with van der Waals surface area (Å²) in [4.78, 5) is 28.8. The molecule has 2 saturated carbocycles. The van der Waals surface area contributed by atoms with Gasteiger partial charge in [-0.15, -0.1) is 0 Å². The Labute approximate surface area is 177 Å².